The highest BCUT2D eigenvalue weighted by Gasteiger charge is 2.12. The van der Waals surface area contributed by atoms with Crippen molar-refractivity contribution in [1.29, 1.82) is 0 Å². The Morgan fingerprint density at radius 2 is 1.84 bits per heavy atom. The molecule has 0 aliphatic carbocycles. The van der Waals surface area contributed by atoms with Crippen LogP contribution in [-0.4, -0.2) is 7.11 Å². The third-order valence-electron chi connectivity index (χ3n) is 3.46. The third kappa shape index (κ3) is 3.15. The Morgan fingerprint density at radius 3 is 2.53 bits per heavy atom. The first-order valence-electron chi connectivity index (χ1n) is 6.56. The molecule has 0 heterocycles. The van der Waals surface area contributed by atoms with Crippen molar-refractivity contribution in [2.75, 3.05) is 7.11 Å². The zero-order valence-electron chi connectivity index (χ0n) is 11.8. The van der Waals surface area contributed by atoms with Gasteiger partial charge in [0.1, 0.15) is 5.75 Å². The van der Waals surface area contributed by atoms with Gasteiger partial charge >= 0.3 is 0 Å². The minimum absolute atomic E-state index is 0.00287. The lowest BCUT2D eigenvalue weighted by Gasteiger charge is -2.17. The lowest BCUT2D eigenvalue weighted by Crippen LogP contribution is -2.15. The molecule has 1 unspecified atom stereocenters. The summed E-state index contributed by atoms with van der Waals surface area (Å²) in [4.78, 5) is 0. The quantitative estimate of drug-likeness (QED) is 0.906. The van der Waals surface area contributed by atoms with Gasteiger partial charge < -0.3 is 10.5 Å². The van der Waals surface area contributed by atoms with Gasteiger partial charge in [-0.25, -0.2) is 0 Å². The van der Waals surface area contributed by atoms with E-state index in [1.807, 2.05) is 18.2 Å². The highest BCUT2D eigenvalue weighted by Crippen LogP contribution is 2.26. The summed E-state index contributed by atoms with van der Waals surface area (Å²) in [5.74, 6) is 0.912. The molecule has 2 N–H and O–H groups in total. The summed E-state index contributed by atoms with van der Waals surface area (Å²) < 4.78 is 5.41. The van der Waals surface area contributed by atoms with Gasteiger partial charge in [-0.3, -0.25) is 0 Å². The van der Waals surface area contributed by atoms with Gasteiger partial charge in [0.2, 0.25) is 0 Å². The number of hydrogen-bond acceptors (Lipinski definition) is 2. The molecule has 2 rings (SSSR count). The summed E-state index contributed by atoms with van der Waals surface area (Å²) in [6, 6.07) is 14.5. The minimum Gasteiger partial charge on any atom is -0.496 e. The summed E-state index contributed by atoms with van der Waals surface area (Å²) in [7, 11) is 1.70. The van der Waals surface area contributed by atoms with Crippen LogP contribution in [0.25, 0.3) is 0 Å². The van der Waals surface area contributed by atoms with Crippen LogP contribution in [0.15, 0.2) is 42.5 Å². The van der Waals surface area contributed by atoms with E-state index in [9.17, 15) is 0 Å². The Morgan fingerprint density at radius 1 is 1.11 bits per heavy atom. The Labute approximate surface area is 115 Å². The Balaban J connectivity index is 2.26. The molecule has 2 nitrogen and oxygen atoms in total. The molecule has 100 valence electrons. The molecule has 0 saturated heterocycles. The van der Waals surface area contributed by atoms with Gasteiger partial charge in [-0.15, -0.1) is 0 Å². The van der Waals surface area contributed by atoms with Crippen LogP contribution < -0.4 is 10.5 Å². The molecule has 2 heteroatoms. The number of nitrogens with two attached hydrogens (primary N) is 1. The highest BCUT2D eigenvalue weighted by atomic mass is 16.5. The predicted octanol–water partition coefficient (Wildman–Crippen LogP) is 3.55. The van der Waals surface area contributed by atoms with Crippen LogP contribution in [0.3, 0.4) is 0 Å². The maximum absolute atomic E-state index is 6.35. The zero-order valence-corrected chi connectivity index (χ0v) is 11.8. The number of rotatable bonds is 4. The lowest BCUT2D eigenvalue weighted by molar-refractivity contribution is 0.408. The summed E-state index contributed by atoms with van der Waals surface area (Å²) in [5, 5.41) is 0. The van der Waals surface area contributed by atoms with Gasteiger partial charge in [-0.1, -0.05) is 42.0 Å². The fraction of sp³-hybridized carbons (Fsp3) is 0.294. The minimum atomic E-state index is -0.00287. The van der Waals surface area contributed by atoms with E-state index < -0.39 is 0 Å². The second-order valence-corrected chi connectivity index (χ2v) is 4.98. The molecule has 2 aromatic rings. The molecule has 0 bridgehead atoms. The topological polar surface area (TPSA) is 35.2 Å². The summed E-state index contributed by atoms with van der Waals surface area (Å²) >= 11 is 0. The molecule has 2 aromatic carbocycles. The SMILES string of the molecule is COc1ccc(C)cc1CC(N)c1ccccc1C. The van der Waals surface area contributed by atoms with Gasteiger partial charge in [-0.05, 0) is 43.0 Å². The van der Waals surface area contributed by atoms with Crippen molar-refractivity contribution in [3.63, 3.8) is 0 Å². The number of benzene rings is 2. The van der Waals surface area contributed by atoms with Crippen LogP contribution >= 0.6 is 0 Å². The van der Waals surface area contributed by atoms with Crippen LogP contribution in [0.1, 0.15) is 28.3 Å². The van der Waals surface area contributed by atoms with Crippen LogP contribution in [0.4, 0.5) is 0 Å². The zero-order chi connectivity index (χ0) is 13.8. The van der Waals surface area contributed by atoms with Crippen LogP contribution in [-0.2, 0) is 6.42 Å². The number of methoxy groups -OCH3 is 1. The molecular weight excluding hydrogens is 234 g/mol. The Kier molecular flexibility index (Phi) is 4.23. The molecule has 1 atom stereocenters. The average Bonchev–Trinajstić information content (AvgIpc) is 2.39. The standard InChI is InChI=1S/C17H21NO/c1-12-8-9-17(19-3)14(10-12)11-16(18)15-7-5-4-6-13(15)2/h4-10,16H,11,18H2,1-3H3. The van der Waals surface area contributed by atoms with Crippen molar-refractivity contribution in [2.24, 2.45) is 5.73 Å². The average molecular weight is 255 g/mol. The molecule has 0 amide bonds. The second kappa shape index (κ2) is 5.89. The van der Waals surface area contributed by atoms with Crippen LogP contribution in [0.2, 0.25) is 0 Å². The van der Waals surface area contributed by atoms with Crippen molar-refractivity contribution < 1.29 is 4.74 Å². The summed E-state index contributed by atoms with van der Waals surface area (Å²) in [5.41, 5.74) is 11.2. The Hall–Kier alpha value is -1.80. The van der Waals surface area contributed by atoms with E-state index in [0.29, 0.717) is 0 Å². The molecular formula is C17H21NO. The first-order valence-corrected chi connectivity index (χ1v) is 6.56. The van der Waals surface area contributed by atoms with Crippen LogP contribution in [0.5, 0.6) is 5.75 Å². The van der Waals surface area contributed by atoms with E-state index >= 15 is 0 Å². The van der Waals surface area contributed by atoms with E-state index in [0.717, 1.165) is 12.2 Å². The van der Waals surface area contributed by atoms with Gasteiger partial charge in [0.25, 0.3) is 0 Å². The molecule has 0 aliphatic heterocycles. The first-order chi connectivity index (χ1) is 9.11. The molecule has 0 fully saturated rings. The first kappa shape index (κ1) is 13.6. The monoisotopic (exact) mass is 255 g/mol. The van der Waals surface area contributed by atoms with Crippen molar-refractivity contribution in [3.8, 4) is 5.75 Å². The van der Waals surface area contributed by atoms with E-state index in [1.54, 1.807) is 7.11 Å². The van der Waals surface area contributed by atoms with Gasteiger partial charge in [0.15, 0.2) is 0 Å². The van der Waals surface area contributed by atoms with Gasteiger partial charge in [0, 0.05) is 6.04 Å². The van der Waals surface area contributed by atoms with E-state index in [1.165, 1.54) is 22.3 Å². The molecule has 0 aliphatic rings. The number of hydrogen-bond donors (Lipinski definition) is 1. The normalized spacial score (nSPS) is 12.2. The van der Waals surface area contributed by atoms with E-state index in [2.05, 4.69) is 38.1 Å². The Bertz CT molecular complexity index is 563. The second-order valence-electron chi connectivity index (χ2n) is 4.98. The molecule has 19 heavy (non-hydrogen) atoms. The van der Waals surface area contributed by atoms with Crippen molar-refractivity contribution >= 4 is 0 Å². The van der Waals surface area contributed by atoms with E-state index in [-0.39, 0.29) is 6.04 Å². The highest BCUT2D eigenvalue weighted by molar-refractivity contribution is 5.39. The fourth-order valence-electron chi connectivity index (χ4n) is 2.42. The van der Waals surface area contributed by atoms with E-state index in [4.69, 9.17) is 10.5 Å². The maximum Gasteiger partial charge on any atom is 0.122 e. The van der Waals surface area contributed by atoms with Crippen molar-refractivity contribution in [3.05, 3.63) is 64.7 Å². The molecule has 0 radical (unpaired) electrons. The smallest absolute Gasteiger partial charge is 0.122 e. The molecule has 0 spiro atoms. The van der Waals surface area contributed by atoms with Crippen molar-refractivity contribution in [1.82, 2.24) is 0 Å². The fourth-order valence-corrected chi connectivity index (χ4v) is 2.42. The van der Waals surface area contributed by atoms with Crippen LogP contribution in [0, 0.1) is 13.8 Å². The lowest BCUT2D eigenvalue weighted by atomic mass is 9.95. The van der Waals surface area contributed by atoms with Gasteiger partial charge in [0.05, 0.1) is 7.11 Å². The predicted molar refractivity (Wildman–Crippen MR) is 79.5 cm³/mol. The molecule has 0 saturated carbocycles. The summed E-state index contributed by atoms with van der Waals surface area (Å²) in [6.07, 6.45) is 0.787. The number of aryl methyl sites for hydroxylation is 2. The summed E-state index contributed by atoms with van der Waals surface area (Å²) in [6.45, 7) is 4.19. The molecule has 0 aromatic heterocycles. The maximum atomic E-state index is 6.35. The third-order valence-corrected chi connectivity index (χ3v) is 3.46. The number of ether oxygens (including phenoxy) is 1. The van der Waals surface area contributed by atoms with Crippen molar-refractivity contribution in [2.45, 2.75) is 26.3 Å². The van der Waals surface area contributed by atoms with Gasteiger partial charge in [-0.2, -0.15) is 0 Å². The largest absolute Gasteiger partial charge is 0.496 e.